The molecular weight excluding hydrogens is 276 g/mol. The first-order valence-electron chi connectivity index (χ1n) is 6.37. The van der Waals surface area contributed by atoms with Crippen molar-refractivity contribution in [2.75, 3.05) is 17.7 Å². The van der Waals surface area contributed by atoms with Crippen molar-refractivity contribution in [1.82, 2.24) is 5.32 Å². The Hall–Kier alpha value is -1.56. The van der Waals surface area contributed by atoms with Gasteiger partial charge >= 0.3 is 0 Å². The van der Waals surface area contributed by atoms with Crippen LogP contribution < -0.4 is 11.1 Å². The molecule has 3 N–H and O–H groups in total. The minimum Gasteiger partial charge on any atom is -0.399 e. The van der Waals surface area contributed by atoms with Gasteiger partial charge in [-0.15, -0.1) is 0 Å². The molecule has 1 unspecified atom stereocenters. The molecule has 20 heavy (non-hydrogen) atoms. The molecule has 0 aliphatic heterocycles. The Bertz CT molecular complexity index is 577. The van der Waals surface area contributed by atoms with Crippen LogP contribution in [0.1, 0.15) is 26.3 Å². The van der Waals surface area contributed by atoms with Crippen LogP contribution in [0, 0.1) is 0 Å². The van der Waals surface area contributed by atoms with Gasteiger partial charge in [-0.05, 0) is 38.5 Å². The van der Waals surface area contributed by atoms with Crippen LogP contribution in [0.2, 0.25) is 0 Å². The van der Waals surface area contributed by atoms with E-state index in [2.05, 4.69) is 5.32 Å². The summed E-state index contributed by atoms with van der Waals surface area (Å²) >= 11 is 0. The Balaban J connectivity index is 2.82. The van der Waals surface area contributed by atoms with Crippen molar-refractivity contribution in [3.05, 3.63) is 29.8 Å². The number of hydrogen-bond acceptors (Lipinski definition) is 4. The predicted octanol–water partition coefficient (Wildman–Crippen LogP) is 1.10. The summed E-state index contributed by atoms with van der Waals surface area (Å²) in [6.45, 7) is 5.26. The van der Waals surface area contributed by atoms with Crippen LogP contribution in [0.25, 0.3) is 0 Å². The van der Waals surface area contributed by atoms with Gasteiger partial charge in [0.25, 0.3) is 0 Å². The number of amides is 1. The summed E-state index contributed by atoms with van der Waals surface area (Å²) in [5.74, 6) is -0.283. The minimum atomic E-state index is -3.12. The predicted molar refractivity (Wildman–Crippen MR) is 81.2 cm³/mol. The number of hydrogen-bond donors (Lipinski definition) is 2. The lowest BCUT2D eigenvalue weighted by Gasteiger charge is -2.26. The minimum absolute atomic E-state index is 0.0729. The second-order valence-electron chi connectivity index (χ2n) is 5.71. The number of rotatable bonds is 5. The summed E-state index contributed by atoms with van der Waals surface area (Å²) in [5, 5.41) is 2.74. The highest BCUT2D eigenvalue weighted by Gasteiger charge is 2.30. The van der Waals surface area contributed by atoms with Crippen LogP contribution in [-0.2, 0) is 20.0 Å². The molecule has 0 saturated heterocycles. The standard InChI is InChI=1S/C14H22N2O3S/c1-10(9-20(4,18)19)16-13(17)14(2,3)11-5-7-12(15)8-6-11/h5-8,10H,9,15H2,1-4H3,(H,16,17). The molecule has 0 aliphatic carbocycles. The number of carbonyl (C=O) groups is 1. The van der Waals surface area contributed by atoms with Gasteiger partial charge in [-0.2, -0.15) is 0 Å². The van der Waals surface area contributed by atoms with Gasteiger partial charge < -0.3 is 11.1 Å². The fraction of sp³-hybridized carbons (Fsp3) is 0.500. The summed E-state index contributed by atoms with van der Waals surface area (Å²) in [4.78, 5) is 12.3. The molecule has 1 rings (SSSR count). The van der Waals surface area contributed by atoms with Crippen molar-refractivity contribution in [3.8, 4) is 0 Å². The first-order chi connectivity index (χ1) is 9.02. The maximum atomic E-state index is 12.3. The molecule has 6 heteroatoms. The maximum absolute atomic E-state index is 12.3. The Morgan fingerprint density at radius 2 is 1.80 bits per heavy atom. The third kappa shape index (κ3) is 4.52. The maximum Gasteiger partial charge on any atom is 0.230 e. The van der Waals surface area contributed by atoms with Gasteiger partial charge in [0.2, 0.25) is 5.91 Å². The van der Waals surface area contributed by atoms with Crippen molar-refractivity contribution in [1.29, 1.82) is 0 Å². The van der Waals surface area contributed by atoms with Crippen molar-refractivity contribution in [3.63, 3.8) is 0 Å². The van der Waals surface area contributed by atoms with Crippen molar-refractivity contribution < 1.29 is 13.2 Å². The van der Waals surface area contributed by atoms with E-state index in [1.807, 2.05) is 0 Å². The molecule has 0 fully saturated rings. The lowest BCUT2D eigenvalue weighted by Crippen LogP contribution is -2.46. The molecule has 5 nitrogen and oxygen atoms in total. The van der Waals surface area contributed by atoms with E-state index < -0.39 is 21.3 Å². The van der Waals surface area contributed by atoms with Gasteiger partial charge in [-0.3, -0.25) is 4.79 Å². The Kier molecular flexibility index (Phi) is 4.81. The topological polar surface area (TPSA) is 89.3 Å². The molecule has 0 bridgehead atoms. The molecule has 1 aromatic carbocycles. The molecule has 0 radical (unpaired) electrons. The Labute approximate surface area is 120 Å². The van der Waals surface area contributed by atoms with Gasteiger partial charge in [0.05, 0.1) is 11.2 Å². The highest BCUT2D eigenvalue weighted by molar-refractivity contribution is 7.90. The first kappa shape index (κ1) is 16.5. The van der Waals surface area contributed by atoms with Gasteiger partial charge in [0.15, 0.2) is 0 Å². The zero-order chi connectivity index (χ0) is 15.6. The van der Waals surface area contributed by atoms with Crippen molar-refractivity contribution in [2.24, 2.45) is 0 Å². The van der Waals surface area contributed by atoms with Crippen LogP contribution in [0.4, 0.5) is 5.69 Å². The first-order valence-corrected chi connectivity index (χ1v) is 8.43. The lowest BCUT2D eigenvalue weighted by atomic mass is 9.83. The number of sulfone groups is 1. The largest absolute Gasteiger partial charge is 0.399 e. The zero-order valence-electron chi connectivity index (χ0n) is 12.3. The second kappa shape index (κ2) is 5.83. The van der Waals surface area contributed by atoms with Crippen molar-refractivity contribution >= 4 is 21.4 Å². The van der Waals surface area contributed by atoms with E-state index in [-0.39, 0.29) is 11.7 Å². The Morgan fingerprint density at radius 1 is 1.30 bits per heavy atom. The fourth-order valence-corrected chi connectivity index (χ4v) is 2.92. The molecule has 0 heterocycles. The number of carbonyl (C=O) groups excluding carboxylic acids is 1. The normalized spacial score (nSPS) is 13.8. The summed E-state index contributed by atoms with van der Waals surface area (Å²) in [7, 11) is -3.12. The summed E-state index contributed by atoms with van der Waals surface area (Å²) in [6.07, 6.45) is 1.15. The van der Waals surface area contributed by atoms with E-state index in [0.717, 1.165) is 11.8 Å². The van der Waals surface area contributed by atoms with E-state index in [0.29, 0.717) is 5.69 Å². The quantitative estimate of drug-likeness (QED) is 0.797. The highest BCUT2D eigenvalue weighted by atomic mass is 32.2. The summed E-state index contributed by atoms with van der Waals surface area (Å²) in [6, 6.07) is 6.66. The molecule has 0 spiro atoms. The van der Waals surface area contributed by atoms with E-state index in [4.69, 9.17) is 5.73 Å². The average molecular weight is 298 g/mol. The monoisotopic (exact) mass is 298 g/mol. The van der Waals surface area contributed by atoms with E-state index >= 15 is 0 Å². The number of benzene rings is 1. The third-order valence-corrected chi connectivity index (χ3v) is 4.24. The highest BCUT2D eigenvalue weighted by Crippen LogP contribution is 2.24. The van der Waals surface area contributed by atoms with Gasteiger partial charge in [-0.1, -0.05) is 12.1 Å². The number of nitrogen functional groups attached to an aromatic ring is 1. The van der Waals surface area contributed by atoms with E-state index in [1.54, 1.807) is 45.0 Å². The zero-order valence-corrected chi connectivity index (χ0v) is 13.1. The van der Waals surface area contributed by atoms with Crippen molar-refractivity contribution in [2.45, 2.75) is 32.2 Å². The van der Waals surface area contributed by atoms with Crippen LogP contribution in [-0.4, -0.2) is 32.4 Å². The molecule has 0 aromatic heterocycles. The van der Waals surface area contributed by atoms with Crippen LogP contribution >= 0.6 is 0 Å². The molecule has 1 atom stereocenters. The lowest BCUT2D eigenvalue weighted by molar-refractivity contribution is -0.126. The molecule has 0 saturated carbocycles. The third-order valence-electron chi connectivity index (χ3n) is 3.13. The number of nitrogens with one attached hydrogen (secondary N) is 1. The van der Waals surface area contributed by atoms with Crippen LogP contribution in [0.15, 0.2) is 24.3 Å². The molecule has 1 amide bonds. The van der Waals surface area contributed by atoms with Gasteiger partial charge in [-0.25, -0.2) is 8.42 Å². The molecule has 0 aliphatic rings. The SMILES string of the molecule is CC(CS(C)(=O)=O)NC(=O)C(C)(C)c1ccc(N)cc1. The van der Waals surface area contributed by atoms with Gasteiger partial charge in [0.1, 0.15) is 9.84 Å². The van der Waals surface area contributed by atoms with Gasteiger partial charge in [0, 0.05) is 18.0 Å². The second-order valence-corrected chi connectivity index (χ2v) is 7.90. The average Bonchev–Trinajstić information content (AvgIpc) is 2.26. The van der Waals surface area contributed by atoms with Crippen LogP contribution in [0.5, 0.6) is 0 Å². The molecule has 112 valence electrons. The van der Waals surface area contributed by atoms with E-state index in [9.17, 15) is 13.2 Å². The van der Waals surface area contributed by atoms with E-state index in [1.165, 1.54) is 0 Å². The summed E-state index contributed by atoms with van der Waals surface area (Å²) in [5.41, 5.74) is 6.34. The number of nitrogens with two attached hydrogens (primary N) is 1. The fourth-order valence-electron chi connectivity index (χ4n) is 1.93. The Morgan fingerprint density at radius 3 is 2.25 bits per heavy atom. The molecular formula is C14H22N2O3S. The smallest absolute Gasteiger partial charge is 0.230 e. The number of anilines is 1. The molecule has 1 aromatic rings. The van der Waals surface area contributed by atoms with Crippen LogP contribution in [0.3, 0.4) is 0 Å². The summed E-state index contributed by atoms with van der Waals surface area (Å²) < 4.78 is 22.4.